The lowest BCUT2D eigenvalue weighted by molar-refractivity contribution is 0.227. The number of rotatable bonds is 8. The van der Waals surface area contributed by atoms with Crippen molar-refractivity contribution in [2.75, 3.05) is 26.7 Å². The second-order valence-electron chi connectivity index (χ2n) is 5.45. The van der Waals surface area contributed by atoms with E-state index in [1.807, 2.05) is 12.1 Å². The molecule has 0 amide bonds. The number of likely N-dealkylation sites (tertiary alicyclic amines) is 1. The Morgan fingerprint density at radius 3 is 2.95 bits per heavy atom. The average Bonchev–Trinajstić information content (AvgIpc) is 2.87. The number of nitrogens with one attached hydrogen (secondary N) is 1. The van der Waals surface area contributed by atoms with Crippen LogP contribution in [0.2, 0.25) is 0 Å². The van der Waals surface area contributed by atoms with Gasteiger partial charge in [0.05, 0.1) is 12.3 Å². The van der Waals surface area contributed by atoms with Crippen LogP contribution in [-0.4, -0.2) is 47.9 Å². The second kappa shape index (κ2) is 8.17. The van der Waals surface area contributed by atoms with Crippen molar-refractivity contribution in [3.63, 3.8) is 0 Å². The topological polar surface area (TPSA) is 50.3 Å². The highest BCUT2D eigenvalue weighted by molar-refractivity contribution is 5.11. The Hall–Kier alpha value is -1.20. The van der Waals surface area contributed by atoms with E-state index in [1.54, 1.807) is 0 Å². The van der Waals surface area contributed by atoms with Gasteiger partial charge in [-0.3, -0.25) is 0 Å². The minimum atomic E-state index is 0.630. The van der Waals surface area contributed by atoms with Crippen LogP contribution in [0.15, 0.2) is 12.1 Å². The van der Waals surface area contributed by atoms with E-state index < -0.39 is 0 Å². The zero-order chi connectivity index (χ0) is 14.2. The zero-order valence-electron chi connectivity index (χ0n) is 12.6. The van der Waals surface area contributed by atoms with Crippen LogP contribution in [0.5, 0.6) is 5.88 Å². The molecule has 1 unspecified atom stereocenters. The molecule has 0 bridgehead atoms. The van der Waals surface area contributed by atoms with E-state index in [9.17, 15) is 0 Å². The fourth-order valence-electron chi connectivity index (χ4n) is 2.56. The second-order valence-corrected chi connectivity index (χ2v) is 5.45. The SMILES string of the molecule is CCCNCc1ccc(OCCC2CCCN2C)nn1. The largest absolute Gasteiger partial charge is 0.477 e. The first-order valence-corrected chi connectivity index (χ1v) is 7.66. The van der Waals surface area contributed by atoms with E-state index in [4.69, 9.17) is 4.74 Å². The van der Waals surface area contributed by atoms with Gasteiger partial charge in [-0.15, -0.1) is 5.10 Å². The molecule has 1 N–H and O–H groups in total. The predicted octanol–water partition coefficient (Wildman–Crippen LogP) is 1.84. The van der Waals surface area contributed by atoms with Gasteiger partial charge in [-0.2, -0.15) is 5.10 Å². The van der Waals surface area contributed by atoms with Crippen molar-refractivity contribution >= 4 is 0 Å². The van der Waals surface area contributed by atoms with Gasteiger partial charge in [0.2, 0.25) is 5.88 Å². The van der Waals surface area contributed by atoms with Crippen molar-refractivity contribution in [3.8, 4) is 5.88 Å². The molecule has 0 spiro atoms. The standard InChI is InChI=1S/C15H26N4O/c1-3-9-16-12-13-6-7-15(18-17-13)20-11-8-14-5-4-10-19(14)2/h6-7,14,16H,3-5,8-12H2,1-2H3. The summed E-state index contributed by atoms with van der Waals surface area (Å²) in [6.45, 7) is 5.86. The van der Waals surface area contributed by atoms with Crippen molar-refractivity contribution in [2.45, 2.75) is 45.2 Å². The predicted molar refractivity (Wildman–Crippen MR) is 79.8 cm³/mol. The van der Waals surface area contributed by atoms with Crippen LogP contribution >= 0.6 is 0 Å². The summed E-state index contributed by atoms with van der Waals surface area (Å²) < 4.78 is 5.68. The third-order valence-corrected chi connectivity index (χ3v) is 3.80. The van der Waals surface area contributed by atoms with Crippen LogP contribution in [0.1, 0.15) is 38.3 Å². The van der Waals surface area contributed by atoms with E-state index in [0.29, 0.717) is 11.9 Å². The smallest absolute Gasteiger partial charge is 0.233 e. The van der Waals surface area contributed by atoms with Gasteiger partial charge in [-0.25, -0.2) is 0 Å². The van der Waals surface area contributed by atoms with Gasteiger partial charge in [-0.05, 0) is 51.9 Å². The van der Waals surface area contributed by atoms with E-state index in [2.05, 4.69) is 34.4 Å². The molecule has 5 heteroatoms. The highest BCUT2D eigenvalue weighted by Gasteiger charge is 2.20. The van der Waals surface area contributed by atoms with Crippen LogP contribution in [0, 0.1) is 0 Å². The molecular formula is C15H26N4O. The highest BCUT2D eigenvalue weighted by Crippen LogP contribution is 2.18. The first-order valence-electron chi connectivity index (χ1n) is 7.66. The van der Waals surface area contributed by atoms with E-state index in [1.165, 1.54) is 19.4 Å². The lowest BCUT2D eigenvalue weighted by Crippen LogP contribution is -2.26. The monoisotopic (exact) mass is 278 g/mol. The number of hydrogen-bond acceptors (Lipinski definition) is 5. The normalized spacial score (nSPS) is 19.4. The van der Waals surface area contributed by atoms with Gasteiger partial charge in [0.25, 0.3) is 0 Å². The van der Waals surface area contributed by atoms with E-state index >= 15 is 0 Å². The number of ether oxygens (including phenoxy) is 1. The highest BCUT2D eigenvalue weighted by atomic mass is 16.5. The third-order valence-electron chi connectivity index (χ3n) is 3.80. The molecule has 1 aromatic rings. The number of hydrogen-bond donors (Lipinski definition) is 1. The van der Waals surface area contributed by atoms with Crippen molar-refractivity contribution in [1.29, 1.82) is 0 Å². The Morgan fingerprint density at radius 1 is 1.40 bits per heavy atom. The summed E-state index contributed by atoms with van der Waals surface area (Å²) in [4.78, 5) is 2.41. The Bertz CT molecular complexity index is 382. The van der Waals surface area contributed by atoms with E-state index in [-0.39, 0.29) is 0 Å². The molecule has 1 aliphatic heterocycles. The molecule has 0 radical (unpaired) electrons. The van der Waals surface area contributed by atoms with Gasteiger partial charge >= 0.3 is 0 Å². The Balaban J connectivity index is 1.68. The molecular weight excluding hydrogens is 252 g/mol. The average molecular weight is 278 g/mol. The van der Waals surface area contributed by atoms with Crippen molar-refractivity contribution in [1.82, 2.24) is 20.4 Å². The van der Waals surface area contributed by atoms with Gasteiger partial charge in [0.15, 0.2) is 0 Å². The third kappa shape index (κ3) is 4.72. The minimum absolute atomic E-state index is 0.630. The maximum absolute atomic E-state index is 5.68. The van der Waals surface area contributed by atoms with E-state index in [0.717, 1.165) is 38.2 Å². The summed E-state index contributed by atoms with van der Waals surface area (Å²) in [7, 11) is 2.19. The molecule has 1 atom stereocenters. The summed E-state index contributed by atoms with van der Waals surface area (Å²) in [6.07, 6.45) is 4.79. The first kappa shape index (κ1) is 15.2. The van der Waals surface area contributed by atoms with Crippen LogP contribution in [-0.2, 0) is 6.54 Å². The summed E-state index contributed by atoms with van der Waals surface area (Å²) >= 11 is 0. The summed E-state index contributed by atoms with van der Waals surface area (Å²) in [5, 5.41) is 11.6. The molecule has 0 aromatic carbocycles. The van der Waals surface area contributed by atoms with Gasteiger partial charge in [-0.1, -0.05) is 6.92 Å². The molecule has 0 saturated carbocycles. The molecule has 20 heavy (non-hydrogen) atoms. The molecule has 2 heterocycles. The molecule has 2 rings (SSSR count). The zero-order valence-corrected chi connectivity index (χ0v) is 12.6. The van der Waals surface area contributed by atoms with Gasteiger partial charge in [0.1, 0.15) is 0 Å². The Labute approximate surface area is 121 Å². The van der Waals surface area contributed by atoms with Crippen LogP contribution in [0.3, 0.4) is 0 Å². The number of aromatic nitrogens is 2. The summed E-state index contributed by atoms with van der Waals surface area (Å²) in [5.74, 6) is 0.630. The van der Waals surface area contributed by atoms with Crippen LogP contribution in [0.4, 0.5) is 0 Å². The molecule has 1 aromatic heterocycles. The quantitative estimate of drug-likeness (QED) is 0.735. The maximum Gasteiger partial charge on any atom is 0.233 e. The van der Waals surface area contributed by atoms with Gasteiger partial charge < -0.3 is 15.0 Å². The maximum atomic E-state index is 5.68. The minimum Gasteiger partial charge on any atom is -0.477 e. The van der Waals surface area contributed by atoms with Crippen molar-refractivity contribution in [3.05, 3.63) is 17.8 Å². The lowest BCUT2D eigenvalue weighted by Gasteiger charge is -2.18. The molecule has 1 fully saturated rings. The molecule has 112 valence electrons. The summed E-state index contributed by atoms with van der Waals surface area (Å²) in [6, 6.07) is 4.56. The Kier molecular flexibility index (Phi) is 6.21. The molecule has 1 aliphatic rings. The molecule has 1 saturated heterocycles. The summed E-state index contributed by atoms with van der Waals surface area (Å²) in [5.41, 5.74) is 0.960. The molecule has 0 aliphatic carbocycles. The fraction of sp³-hybridized carbons (Fsp3) is 0.733. The van der Waals surface area contributed by atoms with Crippen molar-refractivity contribution < 1.29 is 4.74 Å². The fourth-order valence-corrected chi connectivity index (χ4v) is 2.56. The first-order chi connectivity index (χ1) is 9.79. The van der Waals surface area contributed by atoms with Crippen LogP contribution < -0.4 is 10.1 Å². The Morgan fingerprint density at radius 2 is 2.30 bits per heavy atom. The lowest BCUT2D eigenvalue weighted by atomic mass is 10.1. The van der Waals surface area contributed by atoms with Crippen molar-refractivity contribution in [2.24, 2.45) is 0 Å². The molecule has 5 nitrogen and oxygen atoms in total. The van der Waals surface area contributed by atoms with Crippen LogP contribution in [0.25, 0.3) is 0 Å². The van der Waals surface area contributed by atoms with Gasteiger partial charge in [0, 0.05) is 18.7 Å². The number of nitrogens with zero attached hydrogens (tertiary/aromatic N) is 3.